The maximum atomic E-state index is 12.4. The van der Waals surface area contributed by atoms with E-state index in [0.29, 0.717) is 30.0 Å². The molecule has 0 aliphatic carbocycles. The first kappa shape index (κ1) is 19.9. The molecule has 26 heavy (non-hydrogen) atoms. The lowest BCUT2D eigenvalue weighted by Crippen LogP contribution is -2.37. The first-order chi connectivity index (χ1) is 12.4. The van der Waals surface area contributed by atoms with Gasteiger partial charge in [0.05, 0.1) is 17.7 Å². The van der Waals surface area contributed by atoms with Gasteiger partial charge in [-0.25, -0.2) is 4.79 Å². The average molecular weight is 363 g/mol. The molecule has 0 atom stereocenters. The molecule has 142 valence electrons. The minimum atomic E-state index is -0.519. The van der Waals surface area contributed by atoms with E-state index in [2.05, 4.69) is 10.6 Å². The van der Waals surface area contributed by atoms with E-state index in [4.69, 9.17) is 9.47 Å². The van der Waals surface area contributed by atoms with Gasteiger partial charge in [-0.15, -0.1) is 0 Å². The van der Waals surface area contributed by atoms with Crippen molar-refractivity contribution in [1.82, 2.24) is 10.2 Å². The van der Waals surface area contributed by atoms with E-state index in [-0.39, 0.29) is 24.4 Å². The van der Waals surface area contributed by atoms with Gasteiger partial charge in [-0.1, -0.05) is 0 Å². The normalized spacial score (nSPS) is 13.5. The number of nitrogens with zero attached hydrogens (tertiary/aromatic N) is 1. The molecule has 0 radical (unpaired) electrons. The Balaban J connectivity index is 2.01. The number of carbonyl (C=O) groups is 3. The predicted molar refractivity (Wildman–Crippen MR) is 96.1 cm³/mol. The van der Waals surface area contributed by atoms with E-state index < -0.39 is 12.3 Å². The monoisotopic (exact) mass is 363 g/mol. The van der Waals surface area contributed by atoms with E-state index in [1.54, 1.807) is 26.0 Å². The molecule has 0 saturated carbocycles. The summed E-state index contributed by atoms with van der Waals surface area (Å²) < 4.78 is 10.7. The number of anilines is 1. The average Bonchev–Trinajstić information content (AvgIpc) is 2.84. The molecule has 0 aromatic heterocycles. The Morgan fingerprint density at radius 2 is 1.69 bits per heavy atom. The highest BCUT2D eigenvalue weighted by Gasteiger charge is 2.37. The molecule has 4 amide bonds. The van der Waals surface area contributed by atoms with Gasteiger partial charge in [0.15, 0.2) is 6.29 Å². The number of benzene rings is 1. The molecule has 1 aliphatic heterocycles. The van der Waals surface area contributed by atoms with E-state index in [1.807, 2.05) is 13.8 Å². The van der Waals surface area contributed by atoms with Gasteiger partial charge in [-0.2, -0.15) is 0 Å². The van der Waals surface area contributed by atoms with Crippen LogP contribution in [-0.2, 0) is 9.47 Å². The van der Waals surface area contributed by atoms with Crippen molar-refractivity contribution in [3.05, 3.63) is 29.3 Å². The van der Waals surface area contributed by atoms with Crippen LogP contribution in [0.25, 0.3) is 0 Å². The molecule has 0 bridgehead atoms. The van der Waals surface area contributed by atoms with Crippen LogP contribution in [0.1, 0.15) is 48.4 Å². The van der Waals surface area contributed by atoms with Gasteiger partial charge >= 0.3 is 6.03 Å². The smallest absolute Gasteiger partial charge is 0.319 e. The van der Waals surface area contributed by atoms with Gasteiger partial charge in [-0.3, -0.25) is 14.5 Å². The number of hydrogen-bond acceptors (Lipinski definition) is 5. The number of carbonyl (C=O) groups excluding carboxylic acids is 3. The van der Waals surface area contributed by atoms with Gasteiger partial charge < -0.3 is 20.1 Å². The second kappa shape index (κ2) is 8.77. The molecular formula is C18H25N3O5. The topological polar surface area (TPSA) is 97.0 Å². The Kier molecular flexibility index (Phi) is 6.70. The van der Waals surface area contributed by atoms with E-state index in [9.17, 15) is 14.4 Å². The van der Waals surface area contributed by atoms with Crippen LogP contribution in [0.4, 0.5) is 10.5 Å². The van der Waals surface area contributed by atoms with Crippen molar-refractivity contribution in [1.29, 1.82) is 0 Å². The number of ether oxygens (including phenoxy) is 2. The number of imide groups is 1. The van der Waals surface area contributed by atoms with Crippen LogP contribution >= 0.6 is 0 Å². The minimum Gasteiger partial charge on any atom is -0.351 e. The van der Waals surface area contributed by atoms with Crippen LogP contribution in [-0.4, -0.2) is 54.8 Å². The number of rotatable bonds is 8. The summed E-state index contributed by atoms with van der Waals surface area (Å²) in [5.74, 6) is -0.663. The Bertz CT molecular complexity index is 683. The molecule has 8 nitrogen and oxygen atoms in total. The van der Waals surface area contributed by atoms with Crippen molar-refractivity contribution in [2.45, 2.75) is 40.0 Å². The number of amides is 4. The molecule has 1 aliphatic rings. The van der Waals surface area contributed by atoms with Gasteiger partial charge in [-0.05, 0) is 45.9 Å². The third kappa shape index (κ3) is 4.39. The first-order valence-corrected chi connectivity index (χ1v) is 8.69. The molecule has 2 N–H and O–H groups in total. The number of nitrogens with one attached hydrogen (secondary N) is 2. The fourth-order valence-electron chi connectivity index (χ4n) is 2.70. The molecule has 0 spiro atoms. The van der Waals surface area contributed by atoms with E-state index in [1.165, 1.54) is 11.0 Å². The fraction of sp³-hybridized carbons (Fsp3) is 0.500. The molecule has 0 saturated heterocycles. The summed E-state index contributed by atoms with van der Waals surface area (Å²) in [6.45, 7) is 8.38. The number of hydrogen-bond donors (Lipinski definition) is 2. The largest absolute Gasteiger partial charge is 0.351 e. The molecule has 8 heteroatoms. The SMILES string of the molecule is CCOC(CNC(=O)Nc1ccc2c(c1)C(=O)N(C(C)C)C2=O)OCC. The first-order valence-electron chi connectivity index (χ1n) is 8.69. The van der Waals surface area contributed by atoms with Crippen molar-refractivity contribution >= 4 is 23.5 Å². The Labute approximate surface area is 152 Å². The molecular weight excluding hydrogens is 338 g/mol. The lowest BCUT2D eigenvalue weighted by Gasteiger charge is -2.17. The summed E-state index contributed by atoms with van der Waals surface area (Å²) in [5, 5.41) is 5.30. The third-order valence-electron chi connectivity index (χ3n) is 3.83. The van der Waals surface area contributed by atoms with Gasteiger partial charge in [0.1, 0.15) is 0 Å². The predicted octanol–water partition coefficient (Wildman–Crippen LogP) is 2.21. The molecule has 1 aromatic rings. The Morgan fingerprint density at radius 3 is 2.27 bits per heavy atom. The second-order valence-corrected chi connectivity index (χ2v) is 6.01. The van der Waals surface area contributed by atoms with Crippen LogP contribution < -0.4 is 10.6 Å². The fourth-order valence-corrected chi connectivity index (χ4v) is 2.70. The highest BCUT2D eigenvalue weighted by atomic mass is 16.7. The highest BCUT2D eigenvalue weighted by molar-refractivity contribution is 6.22. The summed E-state index contributed by atoms with van der Waals surface area (Å²) >= 11 is 0. The zero-order valence-corrected chi connectivity index (χ0v) is 15.5. The highest BCUT2D eigenvalue weighted by Crippen LogP contribution is 2.27. The quantitative estimate of drug-likeness (QED) is 0.545. The van der Waals surface area contributed by atoms with Crippen molar-refractivity contribution in [3.8, 4) is 0 Å². The van der Waals surface area contributed by atoms with Gasteiger partial charge in [0, 0.05) is 24.9 Å². The lowest BCUT2D eigenvalue weighted by molar-refractivity contribution is -0.131. The summed E-state index contributed by atoms with van der Waals surface area (Å²) in [5.41, 5.74) is 1.07. The molecule has 0 unspecified atom stereocenters. The van der Waals surface area contributed by atoms with Crippen LogP contribution in [0.15, 0.2) is 18.2 Å². The van der Waals surface area contributed by atoms with E-state index >= 15 is 0 Å². The molecule has 0 fully saturated rings. The summed E-state index contributed by atoms with van der Waals surface area (Å²) in [4.78, 5) is 37.9. The molecule has 2 rings (SSSR count). The molecule has 1 aromatic carbocycles. The third-order valence-corrected chi connectivity index (χ3v) is 3.83. The second-order valence-electron chi connectivity index (χ2n) is 6.01. The summed E-state index contributed by atoms with van der Waals surface area (Å²) in [7, 11) is 0. The van der Waals surface area contributed by atoms with Crippen LogP contribution in [0, 0.1) is 0 Å². The van der Waals surface area contributed by atoms with Crippen molar-refractivity contribution in [2.24, 2.45) is 0 Å². The maximum absolute atomic E-state index is 12.4. The Morgan fingerprint density at radius 1 is 1.08 bits per heavy atom. The summed E-state index contributed by atoms with van der Waals surface area (Å²) in [6, 6.07) is 3.98. The van der Waals surface area contributed by atoms with Crippen molar-refractivity contribution in [3.63, 3.8) is 0 Å². The number of urea groups is 1. The van der Waals surface area contributed by atoms with E-state index in [0.717, 1.165) is 0 Å². The summed E-state index contributed by atoms with van der Waals surface area (Å²) in [6.07, 6.45) is -0.519. The van der Waals surface area contributed by atoms with Crippen molar-refractivity contribution in [2.75, 3.05) is 25.1 Å². The zero-order valence-electron chi connectivity index (χ0n) is 15.5. The van der Waals surface area contributed by atoms with Crippen molar-refractivity contribution < 1.29 is 23.9 Å². The lowest BCUT2D eigenvalue weighted by atomic mass is 10.1. The standard InChI is InChI=1S/C18H25N3O5/c1-5-25-15(26-6-2)10-19-18(24)20-12-7-8-13-14(9-12)17(23)21(11(3)4)16(13)22/h7-9,11,15H,5-6,10H2,1-4H3,(H2,19,20,24). The van der Waals surface area contributed by atoms with Crippen LogP contribution in [0.3, 0.4) is 0 Å². The van der Waals surface area contributed by atoms with Gasteiger partial charge in [0.25, 0.3) is 11.8 Å². The maximum Gasteiger partial charge on any atom is 0.319 e. The van der Waals surface area contributed by atoms with Crippen LogP contribution in [0.5, 0.6) is 0 Å². The van der Waals surface area contributed by atoms with Crippen LogP contribution in [0.2, 0.25) is 0 Å². The molecule has 1 heterocycles. The number of fused-ring (bicyclic) bond motifs is 1. The van der Waals surface area contributed by atoms with Gasteiger partial charge in [0.2, 0.25) is 0 Å². The minimum absolute atomic E-state index is 0.191. The Hall–Kier alpha value is -2.45. The zero-order chi connectivity index (χ0) is 19.3.